The van der Waals surface area contributed by atoms with Gasteiger partial charge in [-0.3, -0.25) is 0 Å². The molecule has 0 radical (unpaired) electrons. The van der Waals surface area contributed by atoms with Crippen LogP contribution in [0.4, 0.5) is 0 Å². The van der Waals surface area contributed by atoms with Gasteiger partial charge < -0.3 is 38.2 Å². The van der Waals surface area contributed by atoms with E-state index < -0.39 is 6.10 Å². The predicted octanol–water partition coefficient (Wildman–Crippen LogP) is 3.32. The number of piperidine rings is 1. The maximum Gasteiger partial charge on any atom is 0.283 e. The second kappa shape index (κ2) is 9.81. The van der Waals surface area contributed by atoms with Crippen LogP contribution in [0.2, 0.25) is 0 Å². The van der Waals surface area contributed by atoms with E-state index in [4.69, 9.17) is 28.2 Å². The summed E-state index contributed by atoms with van der Waals surface area (Å²) in [5.41, 5.74) is 1.88. The first-order chi connectivity index (χ1) is 17.7. The van der Waals surface area contributed by atoms with Crippen LogP contribution in [0.25, 0.3) is 22.6 Å². The highest BCUT2D eigenvalue weighted by atomic mass is 16.7. The molecule has 1 atom stereocenters. The van der Waals surface area contributed by atoms with Gasteiger partial charge in [0, 0.05) is 12.6 Å². The molecule has 2 N–H and O–H groups in total. The third-order valence-electron chi connectivity index (χ3n) is 6.69. The van der Waals surface area contributed by atoms with Crippen molar-refractivity contribution in [3.63, 3.8) is 0 Å². The molecule has 2 aromatic carbocycles. The Morgan fingerprint density at radius 3 is 2.72 bits per heavy atom. The van der Waals surface area contributed by atoms with E-state index in [1.807, 2.05) is 24.3 Å². The molecular weight excluding hydrogens is 466 g/mol. The topological polar surface area (TPSA) is 123 Å². The molecule has 1 fully saturated rings. The lowest BCUT2D eigenvalue weighted by molar-refractivity contribution is 0.0599. The number of rotatable bonds is 8. The van der Waals surface area contributed by atoms with Gasteiger partial charge in [0.1, 0.15) is 30.7 Å². The van der Waals surface area contributed by atoms with E-state index in [-0.39, 0.29) is 31.8 Å². The molecule has 188 valence electrons. The summed E-state index contributed by atoms with van der Waals surface area (Å²) in [6, 6.07) is 13.4. The first-order valence-corrected chi connectivity index (χ1v) is 12.0. The average Bonchev–Trinajstić information content (AvgIpc) is 3.66. The zero-order valence-corrected chi connectivity index (χ0v) is 19.6. The Kier molecular flexibility index (Phi) is 6.22. The molecule has 0 amide bonds. The minimum atomic E-state index is -0.628. The number of aliphatic hydroxyl groups excluding tert-OH is 2. The van der Waals surface area contributed by atoms with Crippen molar-refractivity contribution in [1.82, 2.24) is 15.1 Å². The van der Waals surface area contributed by atoms with Crippen LogP contribution >= 0.6 is 0 Å². The van der Waals surface area contributed by atoms with Gasteiger partial charge in [-0.2, -0.15) is 0 Å². The minimum absolute atomic E-state index is 0.116. The number of aromatic nitrogens is 2. The Morgan fingerprint density at radius 2 is 1.89 bits per heavy atom. The van der Waals surface area contributed by atoms with Gasteiger partial charge >= 0.3 is 0 Å². The van der Waals surface area contributed by atoms with Gasteiger partial charge in [-0.25, -0.2) is 0 Å². The van der Waals surface area contributed by atoms with Crippen molar-refractivity contribution in [2.75, 3.05) is 33.0 Å². The number of likely N-dealkylation sites (tertiary alicyclic amines) is 1. The zero-order chi connectivity index (χ0) is 24.5. The Bertz CT molecular complexity index is 1340. The SMILES string of the molecule is OCc1nnc(-c2cc3c(OC[C@@H](O)CN4CCC(c5ccc6c(c5)OCO6)CC4)cccc3o2)o1. The Balaban J connectivity index is 1.03. The van der Waals surface area contributed by atoms with Crippen LogP contribution < -0.4 is 14.2 Å². The van der Waals surface area contributed by atoms with E-state index in [9.17, 15) is 5.11 Å². The van der Waals surface area contributed by atoms with Gasteiger partial charge in [0.25, 0.3) is 5.89 Å². The summed E-state index contributed by atoms with van der Waals surface area (Å²) >= 11 is 0. The molecule has 0 saturated carbocycles. The molecule has 2 aromatic heterocycles. The van der Waals surface area contributed by atoms with E-state index in [1.165, 1.54) is 5.56 Å². The van der Waals surface area contributed by atoms with Crippen LogP contribution in [-0.2, 0) is 6.61 Å². The summed E-state index contributed by atoms with van der Waals surface area (Å²) in [6.45, 7) is 2.49. The van der Waals surface area contributed by atoms with Crippen LogP contribution in [0.5, 0.6) is 17.2 Å². The number of benzene rings is 2. The fourth-order valence-electron chi connectivity index (χ4n) is 4.84. The summed E-state index contributed by atoms with van der Waals surface area (Å²) in [7, 11) is 0. The van der Waals surface area contributed by atoms with Gasteiger partial charge in [0.05, 0.1) is 5.39 Å². The van der Waals surface area contributed by atoms with Gasteiger partial charge in [-0.15, -0.1) is 10.2 Å². The lowest BCUT2D eigenvalue weighted by Crippen LogP contribution is -2.40. The predicted molar refractivity (Wildman–Crippen MR) is 128 cm³/mol. The van der Waals surface area contributed by atoms with E-state index in [1.54, 1.807) is 6.07 Å². The molecule has 0 spiro atoms. The maximum atomic E-state index is 10.7. The standard InChI is InChI=1S/C26H27N3O7/c30-13-25-27-28-26(36-25)24-11-19-20(2-1-3-21(19)35-24)32-14-18(31)12-29-8-6-16(7-9-29)17-4-5-22-23(10-17)34-15-33-22/h1-5,10-11,16,18,30-31H,6-9,12-15H2/t18-/m0/s1. The number of nitrogens with zero attached hydrogens (tertiary/aromatic N) is 3. The fraction of sp³-hybridized carbons (Fsp3) is 0.385. The third kappa shape index (κ3) is 4.62. The van der Waals surface area contributed by atoms with Gasteiger partial charge in [-0.1, -0.05) is 12.1 Å². The summed E-state index contributed by atoms with van der Waals surface area (Å²) in [4.78, 5) is 2.28. The molecule has 4 heterocycles. The molecule has 2 aliphatic heterocycles. The third-order valence-corrected chi connectivity index (χ3v) is 6.69. The number of hydrogen-bond donors (Lipinski definition) is 2. The smallest absolute Gasteiger partial charge is 0.283 e. The molecule has 2 aliphatic rings. The molecule has 6 rings (SSSR count). The van der Waals surface area contributed by atoms with Crippen LogP contribution in [-0.4, -0.2) is 64.4 Å². The van der Waals surface area contributed by atoms with Crippen LogP contribution in [0.3, 0.4) is 0 Å². The second-order valence-electron chi connectivity index (χ2n) is 9.09. The molecule has 0 unspecified atom stereocenters. The Morgan fingerprint density at radius 1 is 1.03 bits per heavy atom. The first-order valence-electron chi connectivity index (χ1n) is 12.0. The minimum Gasteiger partial charge on any atom is -0.490 e. The molecule has 10 nitrogen and oxygen atoms in total. The quantitative estimate of drug-likeness (QED) is 0.378. The number of β-amino-alcohol motifs (C(OH)–C–C–N with tert-alkyl or cyclic N) is 1. The van der Waals surface area contributed by atoms with Crippen molar-refractivity contribution in [2.45, 2.75) is 31.5 Å². The Labute approximate surface area is 207 Å². The molecule has 0 aliphatic carbocycles. The number of aliphatic hydroxyl groups is 2. The van der Waals surface area contributed by atoms with Crippen molar-refractivity contribution >= 4 is 11.0 Å². The van der Waals surface area contributed by atoms with Crippen LogP contribution in [0, 0.1) is 0 Å². The maximum absolute atomic E-state index is 10.7. The fourth-order valence-corrected chi connectivity index (χ4v) is 4.84. The van der Waals surface area contributed by atoms with Gasteiger partial charge in [0.2, 0.25) is 12.7 Å². The lowest BCUT2D eigenvalue weighted by atomic mass is 9.89. The second-order valence-corrected chi connectivity index (χ2v) is 9.09. The number of furan rings is 1. The van der Waals surface area contributed by atoms with E-state index >= 15 is 0 Å². The summed E-state index contributed by atoms with van der Waals surface area (Å²) in [5.74, 6) is 3.41. The first kappa shape index (κ1) is 22.8. The van der Waals surface area contributed by atoms with Crippen LogP contribution in [0.1, 0.15) is 30.2 Å². The summed E-state index contributed by atoms with van der Waals surface area (Å²) in [5, 5.41) is 28.2. The number of hydrogen-bond acceptors (Lipinski definition) is 10. The highest BCUT2D eigenvalue weighted by Crippen LogP contribution is 2.37. The Hall–Kier alpha value is -3.60. The molecule has 1 saturated heterocycles. The zero-order valence-electron chi connectivity index (χ0n) is 19.6. The lowest BCUT2D eigenvalue weighted by Gasteiger charge is -2.33. The molecule has 36 heavy (non-hydrogen) atoms. The van der Waals surface area contributed by atoms with Crippen LogP contribution in [0.15, 0.2) is 51.3 Å². The normalized spacial score (nSPS) is 17.1. The average molecular weight is 494 g/mol. The summed E-state index contributed by atoms with van der Waals surface area (Å²) in [6.07, 6.45) is 1.42. The van der Waals surface area contributed by atoms with Crippen molar-refractivity contribution in [3.05, 3.63) is 53.9 Å². The van der Waals surface area contributed by atoms with E-state index in [0.717, 1.165) is 42.8 Å². The van der Waals surface area contributed by atoms with Crippen molar-refractivity contribution in [3.8, 4) is 28.9 Å². The molecule has 0 bridgehead atoms. The number of fused-ring (bicyclic) bond motifs is 2. The molecule has 4 aromatic rings. The molecule has 10 heteroatoms. The van der Waals surface area contributed by atoms with Gasteiger partial charge in [-0.05, 0) is 61.7 Å². The van der Waals surface area contributed by atoms with Crippen molar-refractivity contribution < 1.29 is 33.3 Å². The highest BCUT2D eigenvalue weighted by molar-refractivity contribution is 5.87. The van der Waals surface area contributed by atoms with Crippen molar-refractivity contribution in [2.24, 2.45) is 0 Å². The van der Waals surface area contributed by atoms with E-state index in [0.29, 0.717) is 29.6 Å². The van der Waals surface area contributed by atoms with Crippen molar-refractivity contribution in [1.29, 1.82) is 0 Å². The summed E-state index contributed by atoms with van der Waals surface area (Å²) < 4.78 is 28.1. The van der Waals surface area contributed by atoms with E-state index in [2.05, 4.69) is 27.2 Å². The monoisotopic (exact) mass is 493 g/mol. The largest absolute Gasteiger partial charge is 0.490 e. The number of ether oxygens (including phenoxy) is 3. The highest BCUT2D eigenvalue weighted by Gasteiger charge is 2.24. The molecular formula is C26H27N3O7. The van der Waals surface area contributed by atoms with Gasteiger partial charge in [0.15, 0.2) is 17.3 Å².